The van der Waals surface area contributed by atoms with Crippen molar-refractivity contribution in [2.75, 3.05) is 13.3 Å². The van der Waals surface area contributed by atoms with Gasteiger partial charge in [0.15, 0.2) is 11.5 Å². The van der Waals surface area contributed by atoms with Gasteiger partial charge >= 0.3 is 0 Å². The van der Waals surface area contributed by atoms with Gasteiger partial charge in [0.25, 0.3) is 5.91 Å². The Morgan fingerprint density at radius 1 is 1.11 bits per heavy atom. The maximum atomic E-state index is 12.9. The average molecular weight is 476 g/mol. The van der Waals surface area contributed by atoms with E-state index in [2.05, 4.69) is 15.4 Å². The Morgan fingerprint density at radius 2 is 1.94 bits per heavy atom. The predicted molar refractivity (Wildman–Crippen MR) is 128 cm³/mol. The lowest BCUT2D eigenvalue weighted by molar-refractivity contribution is -0.132. The number of amides is 2. The Bertz CT molecular complexity index is 1300. The molecule has 0 fully saturated rings. The van der Waals surface area contributed by atoms with Crippen LogP contribution in [0.15, 0.2) is 30.5 Å². The fraction of sp³-hybridized carbons (Fsp3) is 0.385. The standard InChI is InChI=1S/C26H29N5O4/c1-16-10-17(2)31(29-16)9-7-25(32)30-8-6-21-20(14-30)12-27-18(3)22(21)13-28-26(33)19-4-5-23-24(11-19)35-15-34-23/h4-5,10-12H,6-9,13-15H2,1-3H3,(H,28,33). The van der Waals surface area contributed by atoms with Crippen LogP contribution >= 0.6 is 0 Å². The lowest BCUT2D eigenvalue weighted by atomic mass is 9.94. The van der Waals surface area contributed by atoms with E-state index in [1.165, 1.54) is 5.56 Å². The topological polar surface area (TPSA) is 98.6 Å². The Morgan fingerprint density at radius 3 is 2.74 bits per heavy atom. The maximum Gasteiger partial charge on any atom is 0.251 e. The quantitative estimate of drug-likeness (QED) is 0.589. The molecule has 0 saturated heterocycles. The van der Waals surface area contributed by atoms with E-state index in [1.807, 2.05) is 42.6 Å². The molecule has 2 aliphatic heterocycles. The average Bonchev–Trinajstić information content (AvgIpc) is 3.45. The molecular formula is C26H29N5O4. The SMILES string of the molecule is Cc1cc(C)n(CCC(=O)N2CCc3c(cnc(C)c3CNC(=O)c3ccc4c(c3)OCO4)C2)n1. The van der Waals surface area contributed by atoms with Gasteiger partial charge in [-0.05, 0) is 68.1 Å². The lowest BCUT2D eigenvalue weighted by Gasteiger charge is -2.30. The van der Waals surface area contributed by atoms with E-state index in [0.717, 1.165) is 34.6 Å². The van der Waals surface area contributed by atoms with Crippen molar-refractivity contribution in [2.45, 2.75) is 53.2 Å². The molecule has 5 rings (SSSR count). The van der Waals surface area contributed by atoms with Gasteiger partial charge in [-0.15, -0.1) is 0 Å². The van der Waals surface area contributed by atoms with Gasteiger partial charge in [-0.3, -0.25) is 19.3 Å². The first-order chi connectivity index (χ1) is 16.9. The molecule has 0 atom stereocenters. The first-order valence-electron chi connectivity index (χ1n) is 11.8. The summed E-state index contributed by atoms with van der Waals surface area (Å²) in [5.41, 5.74) is 6.65. The summed E-state index contributed by atoms with van der Waals surface area (Å²) in [6.45, 7) is 8.21. The number of nitrogens with one attached hydrogen (secondary N) is 1. The second-order valence-corrected chi connectivity index (χ2v) is 9.04. The number of aryl methyl sites for hydroxylation is 4. The van der Waals surface area contributed by atoms with E-state index in [0.29, 0.717) is 49.7 Å². The number of pyridine rings is 1. The van der Waals surface area contributed by atoms with Crippen molar-refractivity contribution in [3.63, 3.8) is 0 Å². The summed E-state index contributed by atoms with van der Waals surface area (Å²) < 4.78 is 12.6. The minimum atomic E-state index is -0.183. The van der Waals surface area contributed by atoms with Crippen LogP contribution < -0.4 is 14.8 Å². The molecule has 1 aromatic carbocycles. The van der Waals surface area contributed by atoms with Crippen molar-refractivity contribution in [1.29, 1.82) is 0 Å². The molecule has 2 aromatic heterocycles. The maximum absolute atomic E-state index is 12.9. The fourth-order valence-electron chi connectivity index (χ4n) is 4.74. The van der Waals surface area contributed by atoms with E-state index in [1.54, 1.807) is 18.2 Å². The molecule has 4 heterocycles. The summed E-state index contributed by atoms with van der Waals surface area (Å²) in [6.07, 6.45) is 3.00. The first kappa shape index (κ1) is 22.9. The van der Waals surface area contributed by atoms with Crippen LogP contribution in [0.5, 0.6) is 11.5 Å². The van der Waals surface area contributed by atoms with Crippen LogP contribution in [0.2, 0.25) is 0 Å². The fourth-order valence-corrected chi connectivity index (χ4v) is 4.74. The number of fused-ring (bicyclic) bond motifs is 2. The minimum absolute atomic E-state index is 0.112. The molecule has 3 aromatic rings. The third kappa shape index (κ3) is 4.71. The van der Waals surface area contributed by atoms with Crippen molar-refractivity contribution < 1.29 is 19.1 Å². The van der Waals surface area contributed by atoms with Crippen molar-refractivity contribution in [1.82, 2.24) is 25.0 Å². The van der Waals surface area contributed by atoms with Crippen LogP contribution in [-0.2, 0) is 30.8 Å². The Hall–Kier alpha value is -3.88. The van der Waals surface area contributed by atoms with Gasteiger partial charge in [-0.1, -0.05) is 0 Å². The Balaban J connectivity index is 1.23. The van der Waals surface area contributed by atoms with Crippen molar-refractivity contribution in [2.24, 2.45) is 0 Å². The zero-order chi connectivity index (χ0) is 24.5. The number of benzene rings is 1. The molecule has 0 spiro atoms. The van der Waals surface area contributed by atoms with Crippen molar-refractivity contribution in [3.05, 3.63) is 69.8 Å². The Kier molecular flexibility index (Phi) is 6.15. The van der Waals surface area contributed by atoms with Crippen LogP contribution in [0.25, 0.3) is 0 Å². The molecule has 2 amide bonds. The predicted octanol–water partition coefficient (Wildman–Crippen LogP) is 2.84. The van der Waals surface area contributed by atoms with Crippen LogP contribution in [0.4, 0.5) is 0 Å². The first-order valence-corrected chi connectivity index (χ1v) is 11.8. The summed E-state index contributed by atoms with van der Waals surface area (Å²) in [6, 6.07) is 7.18. The molecule has 0 radical (unpaired) electrons. The third-order valence-corrected chi connectivity index (χ3v) is 6.65. The normalized spacial score (nSPS) is 14.1. The second-order valence-electron chi connectivity index (χ2n) is 9.04. The Labute approximate surface area is 204 Å². The van der Waals surface area contributed by atoms with Gasteiger partial charge in [-0.25, -0.2) is 0 Å². The third-order valence-electron chi connectivity index (χ3n) is 6.65. The minimum Gasteiger partial charge on any atom is -0.454 e. The number of ether oxygens (including phenoxy) is 2. The molecule has 9 heteroatoms. The summed E-state index contributed by atoms with van der Waals surface area (Å²) in [4.78, 5) is 32.1. The summed E-state index contributed by atoms with van der Waals surface area (Å²) in [5, 5.41) is 7.46. The van der Waals surface area contributed by atoms with E-state index >= 15 is 0 Å². The summed E-state index contributed by atoms with van der Waals surface area (Å²) >= 11 is 0. The van der Waals surface area contributed by atoms with Gasteiger partial charge in [0.2, 0.25) is 12.7 Å². The van der Waals surface area contributed by atoms with E-state index in [4.69, 9.17) is 9.47 Å². The zero-order valence-electron chi connectivity index (χ0n) is 20.3. The number of carbonyl (C=O) groups is 2. The second kappa shape index (κ2) is 9.40. The monoisotopic (exact) mass is 475 g/mol. The van der Waals surface area contributed by atoms with Gasteiger partial charge in [0.05, 0.1) is 5.69 Å². The molecule has 0 aliphatic carbocycles. The van der Waals surface area contributed by atoms with Gasteiger partial charge in [0, 0.05) is 55.7 Å². The van der Waals surface area contributed by atoms with Crippen LogP contribution in [0, 0.1) is 20.8 Å². The number of nitrogens with zero attached hydrogens (tertiary/aromatic N) is 4. The summed E-state index contributed by atoms with van der Waals surface area (Å²) in [5.74, 6) is 1.15. The van der Waals surface area contributed by atoms with Gasteiger partial charge < -0.3 is 19.7 Å². The molecule has 0 bridgehead atoms. The van der Waals surface area contributed by atoms with Crippen LogP contribution in [-0.4, -0.2) is 44.8 Å². The molecular weight excluding hydrogens is 446 g/mol. The number of aromatic nitrogens is 3. The molecule has 0 saturated carbocycles. The molecule has 2 aliphatic rings. The lowest BCUT2D eigenvalue weighted by Crippen LogP contribution is -2.37. The smallest absolute Gasteiger partial charge is 0.251 e. The van der Waals surface area contributed by atoms with Crippen LogP contribution in [0.1, 0.15) is 50.6 Å². The highest BCUT2D eigenvalue weighted by molar-refractivity contribution is 5.95. The highest BCUT2D eigenvalue weighted by Gasteiger charge is 2.24. The number of hydrogen-bond acceptors (Lipinski definition) is 6. The van der Waals surface area contributed by atoms with Crippen molar-refractivity contribution in [3.8, 4) is 11.5 Å². The number of rotatable bonds is 6. The van der Waals surface area contributed by atoms with E-state index < -0.39 is 0 Å². The highest BCUT2D eigenvalue weighted by atomic mass is 16.7. The molecule has 35 heavy (non-hydrogen) atoms. The van der Waals surface area contributed by atoms with Crippen molar-refractivity contribution >= 4 is 11.8 Å². The van der Waals surface area contributed by atoms with E-state index in [-0.39, 0.29) is 18.6 Å². The molecule has 182 valence electrons. The molecule has 9 nitrogen and oxygen atoms in total. The van der Waals surface area contributed by atoms with E-state index in [9.17, 15) is 9.59 Å². The largest absolute Gasteiger partial charge is 0.454 e. The molecule has 0 unspecified atom stereocenters. The number of hydrogen-bond donors (Lipinski definition) is 1. The highest BCUT2D eigenvalue weighted by Crippen LogP contribution is 2.32. The summed E-state index contributed by atoms with van der Waals surface area (Å²) in [7, 11) is 0. The number of carbonyl (C=O) groups excluding carboxylic acids is 2. The van der Waals surface area contributed by atoms with Gasteiger partial charge in [-0.2, -0.15) is 5.10 Å². The van der Waals surface area contributed by atoms with Crippen LogP contribution in [0.3, 0.4) is 0 Å². The molecule has 1 N–H and O–H groups in total. The zero-order valence-corrected chi connectivity index (χ0v) is 20.3. The van der Waals surface area contributed by atoms with Gasteiger partial charge in [0.1, 0.15) is 0 Å².